The molecule has 2 aliphatic carbocycles. The summed E-state index contributed by atoms with van der Waals surface area (Å²) in [7, 11) is 1.77. The fourth-order valence-electron chi connectivity index (χ4n) is 6.31. The summed E-state index contributed by atoms with van der Waals surface area (Å²) in [5.74, 6) is 2.56. The molecule has 1 saturated carbocycles. The molecule has 1 aliphatic heterocycles. The molecule has 31 heavy (non-hydrogen) atoms. The molecule has 3 aliphatic rings. The summed E-state index contributed by atoms with van der Waals surface area (Å²) in [5.41, 5.74) is 2.79. The zero-order valence-corrected chi connectivity index (χ0v) is 19.6. The lowest BCUT2D eigenvalue weighted by Crippen LogP contribution is -2.30. The van der Waals surface area contributed by atoms with Crippen LogP contribution in [0, 0.1) is 17.8 Å². The maximum Gasteiger partial charge on any atom is 0.157 e. The Morgan fingerprint density at radius 3 is 2.84 bits per heavy atom. The molecule has 2 unspecified atom stereocenters. The topological polar surface area (TPSA) is 47.9 Å². The van der Waals surface area contributed by atoms with Crippen molar-refractivity contribution in [2.75, 3.05) is 13.7 Å². The van der Waals surface area contributed by atoms with Gasteiger partial charge in [0, 0.05) is 6.61 Å². The Labute approximate surface area is 188 Å². The number of fused-ring (bicyclic) bond motifs is 2. The normalized spacial score (nSPS) is 31.1. The lowest BCUT2D eigenvalue weighted by atomic mass is 9.73. The Bertz CT molecular complexity index is 684. The number of aliphatic hydroxyl groups excluding tert-OH is 1. The van der Waals surface area contributed by atoms with Crippen LogP contribution in [0.3, 0.4) is 0 Å². The molecule has 1 aromatic carbocycles. The van der Waals surface area contributed by atoms with Gasteiger partial charge in [-0.05, 0) is 92.7 Å². The van der Waals surface area contributed by atoms with E-state index in [0.717, 1.165) is 63.7 Å². The number of hydrogen-bond acceptors (Lipinski definition) is 4. The van der Waals surface area contributed by atoms with E-state index in [4.69, 9.17) is 14.2 Å². The Morgan fingerprint density at radius 1 is 1.16 bits per heavy atom. The van der Waals surface area contributed by atoms with E-state index in [1.54, 1.807) is 7.11 Å². The predicted octanol–water partition coefficient (Wildman–Crippen LogP) is 5.68. The molecule has 4 rings (SSSR count). The van der Waals surface area contributed by atoms with Crippen LogP contribution in [0.25, 0.3) is 0 Å². The van der Waals surface area contributed by atoms with Crippen LogP contribution in [0.1, 0.15) is 82.3 Å². The number of unbranched alkanes of at least 4 members (excludes halogenated alkanes) is 2. The zero-order valence-electron chi connectivity index (χ0n) is 19.6. The van der Waals surface area contributed by atoms with Crippen molar-refractivity contribution in [3.8, 4) is 5.75 Å². The van der Waals surface area contributed by atoms with Crippen molar-refractivity contribution in [2.24, 2.45) is 17.8 Å². The third-order valence-electron chi connectivity index (χ3n) is 8.00. The van der Waals surface area contributed by atoms with Gasteiger partial charge < -0.3 is 19.3 Å². The van der Waals surface area contributed by atoms with E-state index in [1.165, 1.54) is 36.8 Å². The van der Waals surface area contributed by atoms with Gasteiger partial charge in [0.1, 0.15) is 5.75 Å². The monoisotopic (exact) mass is 430 g/mol. The third-order valence-corrected chi connectivity index (χ3v) is 8.00. The van der Waals surface area contributed by atoms with E-state index in [9.17, 15) is 5.11 Å². The fraction of sp³-hybridized carbons (Fsp3) is 0.778. The summed E-state index contributed by atoms with van der Waals surface area (Å²) in [6.07, 6.45) is 13.4. The predicted molar refractivity (Wildman–Crippen MR) is 123 cm³/mol. The maximum atomic E-state index is 11.0. The summed E-state index contributed by atoms with van der Waals surface area (Å²) in [6.45, 7) is 3.09. The highest BCUT2D eigenvalue weighted by Gasteiger charge is 2.45. The number of ether oxygens (including phenoxy) is 3. The van der Waals surface area contributed by atoms with Gasteiger partial charge in [-0.25, -0.2) is 0 Å². The first-order chi connectivity index (χ1) is 15.2. The van der Waals surface area contributed by atoms with Crippen molar-refractivity contribution in [2.45, 2.75) is 102 Å². The van der Waals surface area contributed by atoms with Crippen LogP contribution >= 0.6 is 0 Å². The Balaban J connectivity index is 1.38. The third kappa shape index (κ3) is 5.64. The molecule has 0 radical (unpaired) electrons. The largest absolute Gasteiger partial charge is 0.496 e. The first-order valence-corrected chi connectivity index (χ1v) is 12.8. The van der Waals surface area contributed by atoms with Crippen LogP contribution in [-0.2, 0) is 22.3 Å². The van der Waals surface area contributed by atoms with Gasteiger partial charge in [-0.3, -0.25) is 0 Å². The molecule has 1 saturated heterocycles. The SMILES string of the molecule is CCCCC[C@@H](CCC1[C@H](O)C[C@@H]2Cc3c(cccc3OC)C[C@H]12)OC1CCCCO1. The van der Waals surface area contributed by atoms with Crippen LogP contribution in [0.4, 0.5) is 0 Å². The minimum atomic E-state index is -0.183. The molecule has 4 nitrogen and oxygen atoms in total. The average Bonchev–Trinajstić information content (AvgIpc) is 3.10. The molecule has 1 N–H and O–H groups in total. The molecule has 1 heterocycles. The second-order valence-corrected chi connectivity index (χ2v) is 10.0. The molecule has 6 atom stereocenters. The first kappa shape index (κ1) is 23.1. The Hall–Kier alpha value is -1.10. The smallest absolute Gasteiger partial charge is 0.157 e. The van der Waals surface area contributed by atoms with E-state index in [0.29, 0.717) is 17.8 Å². The van der Waals surface area contributed by atoms with Crippen molar-refractivity contribution in [3.05, 3.63) is 29.3 Å². The summed E-state index contributed by atoms with van der Waals surface area (Å²) in [4.78, 5) is 0. The molecule has 0 bridgehead atoms. The minimum absolute atomic E-state index is 0.0179. The van der Waals surface area contributed by atoms with Gasteiger partial charge in [-0.15, -0.1) is 0 Å². The molecule has 1 aromatic rings. The maximum absolute atomic E-state index is 11.0. The van der Waals surface area contributed by atoms with Crippen LogP contribution in [0.5, 0.6) is 5.75 Å². The number of aliphatic hydroxyl groups is 1. The molecule has 2 fully saturated rings. The van der Waals surface area contributed by atoms with Gasteiger partial charge in [0.05, 0.1) is 19.3 Å². The van der Waals surface area contributed by atoms with Crippen molar-refractivity contribution >= 4 is 0 Å². The lowest BCUT2D eigenvalue weighted by molar-refractivity contribution is -0.191. The van der Waals surface area contributed by atoms with E-state index in [2.05, 4.69) is 25.1 Å². The number of benzene rings is 1. The van der Waals surface area contributed by atoms with Crippen LogP contribution < -0.4 is 4.74 Å². The van der Waals surface area contributed by atoms with Crippen LogP contribution in [0.15, 0.2) is 18.2 Å². The van der Waals surface area contributed by atoms with Crippen molar-refractivity contribution in [1.82, 2.24) is 0 Å². The number of methoxy groups -OCH3 is 1. The summed E-state index contributed by atoms with van der Waals surface area (Å²) in [5, 5.41) is 11.0. The van der Waals surface area contributed by atoms with Gasteiger partial charge >= 0.3 is 0 Å². The van der Waals surface area contributed by atoms with Crippen molar-refractivity contribution in [1.29, 1.82) is 0 Å². The molecule has 0 amide bonds. The molecular formula is C27H42O4. The van der Waals surface area contributed by atoms with E-state index in [-0.39, 0.29) is 18.5 Å². The summed E-state index contributed by atoms with van der Waals surface area (Å²) < 4.78 is 17.9. The minimum Gasteiger partial charge on any atom is -0.496 e. The molecular weight excluding hydrogens is 388 g/mol. The lowest BCUT2D eigenvalue weighted by Gasteiger charge is -2.33. The first-order valence-electron chi connectivity index (χ1n) is 12.8. The average molecular weight is 431 g/mol. The van der Waals surface area contributed by atoms with Crippen molar-refractivity contribution in [3.63, 3.8) is 0 Å². The molecule has 4 heteroatoms. The van der Waals surface area contributed by atoms with Gasteiger partial charge in [0.25, 0.3) is 0 Å². The van der Waals surface area contributed by atoms with E-state index in [1.807, 2.05) is 0 Å². The van der Waals surface area contributed by atoms with Crippen molar-refractivity contribution < 1.29 is 19.3 Å². The highest BCUT2D eigenvalue weighted by atomic mass is 16.7. The zero-order chi connectivity index (χ0) is 21.6. The van der Waals surface area contributed by atoms with Gasteiger partial charge in [-0.2, -0.15) is 0 Å². The highest BCUT2D eigenvalue weighted by molar-refractivity contribution is 5.43. The van der Waals surface area contributed by atoms with E-state index < -0.39 is 0 Å². The van der Waals surface area contributed by atoms with Gasteiger partial charge in [-0.1, -0.05) is 38.3 Å². The second kappa shape index (κ2) is 11.2. The quantitative estimate of drug-likeness (QED) is 0.485. The number of hydrogen-bond donors (Lipinski definition) is 1. The van der Waals surface area contributed by atoms with Crippen LogP contribution in [-0.4, -0.2) is 37.3 Å². The van der Waals surface area contributed by atoms with Gasteiger partial charge in [0.2, 0.25) is 0 Å². The highest BCUT2D eigenvalue weighted by Crippen LogP contribution is 2.48. The summed E-state index contributed by atoms with van der Waals surface area (Å²) >= 11 is 0. The fourth-order valence-corrected chi connectivity index (χ4v) is 6.31. The Kier molecular flexibility index (Phi) is 8.30. The number of rotatable bonds is 10. The molecule has 174 valence electrons. The molecule has 0 spiro atoms. The second-order valence-electron chi connectivity index (χ2n) is 10.0. The van der Waals surface area contributed by atoms with Crippen LogP contribution in [0.2, 0.25) is 0 Å². The molecule has 0 aromatic heterocycles. The van der Waals surface area contributed by atoms with E-state index >= 15 is 0 Å². The summed E-state index contributed by atoms with van der Waals surface area (Å²) in [6, 6.07) is 6.45. The Morgan fingerprint density at radius 2 is 2.06 bits per heavy atom. The van der Waals surface area contributed by atoms with Gasteiger partial charge in [0.15, 0.2) is 6.29 Å². The standard InChI is InChI=1S/C27H42O4/c1-3-4-5-10-21(31-27-12-6-7-15-30-27)13-14-22-23-16-19-9-8-11-26(29-2)24(19)17-20(23)18-25(22)28/h8-9,11,20-23,25,27-28H,3-7,10,12-18H2,1-2H3/t20-,21-,22?,23-,25+,27?/m0/s1.